The molecule has 19 heavy (non-hydrogen) atoms. The highest BCUT2D eigenvalue weighted by Gasteiger charge is 2.24. The highest BCUT2D eigenvalue weighted by Crippen LogP contribution is 2.16. The van der Waals surface area contributed by atoms with E-state index in [1.807, 2.05) is 11.5 Å². The van der Waals surface area contributed by atoms with Crippen LogP contribution in [0.3, 0.4) is 0 Å². The van der Waals surface area contributed by atoms with Crippen molar-refractivity contribution >= 4 is 10.0 Å². The van der Waals surface area contributed by atoms with E-state index in [1.165, 1.54) is 0 Å². The van der Waals surface area contributed by atoms with E-state index < -0.39 is 10.0 Å². The lowest BCUT2D eigenvalue weighted by Crippen LogP contribution is -2.34. The number of nitrogens with two attached hydrogens (primary N) is 1. The summed E-state index contributed by atoms with van der Waals surface area (Å²) >= 11 is 0. The minimum atomic E-state index is -3.48. The van der Waals surface area contributed by atoms with E-state index >= 15 is 0 Å². The fourth-order valence-corrected chi connectivity index (χ4v) is 3.53. The second-order valence-corrected chi connectivity index (χ2v) is 6.46. The van der Waals surface area contributed by atoms with Crippen LogP contribution < -0.4 is 10.5 Å². The summed E-state index contributed by atoms with van der Waals surface area (Å²) in [4.78, 5) is 0.285. The number of hydrogen-bond donors (Lipinski definition) is 2. The Morgan fingerprint density at radius 2 is 2.37 bits per heavy atom. The smallest absolute Gasteiger partial charge is 0.242 e. The maximum Gasteiger partial charge on any atom is 0.242 e. The molecule has 1 unspecified atom stereocenters. The Labute approximate surface area is 114 Å². The van der Waals surface area contributed by atoms with Crippen LogP contribution in [0.2, 0.25) is 0 Å². The highest BCUT2D eigenvalue weighted by molar-refractivity contribution is 7.89. The molecule has 1 atom stereocenters. The van der Waals surface area contributed by atoms with E-state index in [0.717, 1.165) is 25.1 Å². The first-order valence-corrected chi connectivity index (χ1v) is 8.04. The summed E-state index contributed by atoms with van der Waals surface area (Å²) < 4.78 is 34.3. The Balaban J connectivity index is 2.19. The predicted octanol–water partition coefficient (Wildman–Crippen LogP) is 0.424. The van der Waals surface area contributed by atoms with Crippen LogP contribution in [0, 0.1) is 0 Å². The van der Waals surface area contributed by atoms with Gasteiger partial charge in [-0.05, 0) is 18.9 Å². The first-order chi connectivity index (χ1) is 9.06. The van der Waals surface area contributed by atoms with Gasteiger partial charge in [0.05, 0.1) is 11.5 Å². The third-order valence-corrected chi connectivity index (χ3v) is 4.68. The molecule has 2 heterocycles. The lowest BCUT2D eigenvalue weighted by Gasteiger charge is -2.09. The van der Waals surface area contributed by atoms with Crippen LogP contribution in [0.25, 0.3) is 0 Å². The van der Waals surface area contributed by atoms with Gasteiger partial charge < -0.3 is 15.0 Å². The Hall–Kier alpha value is -0.890. The Morgan fingerprint density at radius 1 is 1.58 bits per heavy atom. The van der Waals surface area contributed by atoms with Crippen LogP contribution >= 0.6 is 0 Å². The van der Waals surface area contributed by atoms with Crippen molar-refractivity contribution in [2.45, 2.75) is 43.8 Å². The zero-order chi connectivity index (χ0) is 13.9. The summed E-state index contributed by atoms with van der Waals surface area (Å²) in [6.45, 7) is 4.20. The van der Waals surface area contributed by atoms with Gasteiger partial charge in [0, 0.05) is 37.6 Å². The van der Waals surface area contributed by atoms with E-state index in [1.54, 1.807) is 12.3 Å². The first kappa shape index (κ1) is 14.5. The molecular weight excluding hydrogens is 266 g/mol. The monoisotopic (exact) mass is 287 g/mol. The zero-order valence-electron chi connectivity index (χ0n) is 11.1. The van der Waals surface area contributed by atoms with Crippen molar-refractivity contribution in [1.29, 1.82) is 0 Å². The number of nitrogens with zero attached hydrogens (tertiary/aromatic N) is 1. The van der Waals surface area contributed by atoms with Crippen LogP contribution in [0.4, 0.5) is 0 Å². The second-order valence-electron chi connectivity index (χ2n) is 4.75. The van der Waals surface area contributed by atoms with Crippen LogP contribution in [0.1, 0.15) is 25.5 Å². The van der Waals surface area contributed by atoms with Gasteiger partial charge in [0.2, 0.25) is 10.0 Å². The number of sulfonamides is 1. The van der Waals surface area contributed by atoms with Gasteiger partial charge in [-0.3, -0.25) is 0 Å². The molecule has 7 heteroatoms. The zero-order valence-corrected chi connectivity index (χ0v) is 11.9. The maximum absolute atomic E-state index is 12.3. The second kappa shape index (κ2) is 6.04. The van der Waals surface area contributed by atoms with E-state index in [4.69, 9.17) is 10.5 Å². The van der Waals surface area contributed by atoms with Crippen molar-refractivity contribution in [3.63, 3.8) is 0 Å². The number of nitrogens with one attached hydrogen (secondary N) is 1. The van der Waals surface area contributed by atoms with Gasteiger partial charge >= 0.3 is 0 Å². The van der Waals surface area contributed by atoms with E-state index in [9.17, 15) is 8.42 Å². The van der Waals surface area contributed by atoms with Gasteiger partial charge in [0.25, 0.3) is 0 Å². The van der Waals surface area contributed by atoms with Gasteiger partial charge in [-0.1, -0.05) is 6.92 Å². The van der Waals surface area contributed by atoms with Crippen molar-refractivity contribution in [1.82, 2.24) is 9.29 Å². The number of hydrogen-bond acceptors (Lipinski definition) is 4. The molecule has 0 aromatic carbocycles. The highest BCUT2D eigenvalue weighted by atomic mass is 32.2. The number of aryl methyl sites for hydroxylation is 1. The van der Waals surface area contributed by atoms with Crippen molar-refractivity contribution in [3.8, 4) is 0 Å². The van der Waals surface area contributed by atoms with E-state index in [0.29, 0.717) is 19.8 Å². The fourth-order valence-electron chi connectivity index (χ4n) is 2.21. The molecule has 1 aliphatic heterocycles. The fraction of sp³-hybridized carbons (Fsp3) is 0.667. The lowest BCUT2D eigenvalue weighted by atomic mass is 10.3. The standard InChI is InChI=1S/C12H21N3O3S/c1-2-4-15-8-12(6-11(15)7-13)19(16,17)14-10-3-5-18-9-10/h6,8,10,14H,2-5,7,9,13H2,1H3. The Kier molecular flexibility index (Phi) is 4.62. The van der Waals surface area contributed by atoms with Gasteiger partial charge in [-0.15, -0.1) is 0 Å². The SMILES string of the molecule is CCCn1cc(S(=O)(=O)NC2CCOC2)cc1CN. The van der Waals surface area contributed by atoms with Crippen LogP contribution in [-0.2, 0) is 27.8 Å². The molecule has 0 bridgehead atoms. The summed E-state index contributed by atoms with van der Waals surface area (Å²) in [6, 6.07) is 1.52. The molecule has 2 rings (SSSR count). The molecule has 0 amide bonds. The Bertz CT molecular complexity index is 518. The molecule has 6 nitrogen and oxygen atoms in total. The lowest BCUT2D eigenvalue weighted by molar-refractivity contribution is 0.192. The molecule has 1 aliphatic rings. The van der Waals surface area contributed by atoms with Crippen molar-refractivity contribution in [2.75, 3.05) is 13.2 Å². The molecule has 3 N–H and O–H groups in total. The molecule has 1 saturated heterocycles. The number of aromatic nitrogens is 1. The van der Waals surface area contributed by atoms with Crippen LogP contribution in [0.5, 0.6) is 0 Å². The first-order valence-electron chi connectivity index (χ1n) is 6.56. The minimum absolute atomic E-state index is 0.124. The Morgan fingerprint density at radius 3 is 2.95 bits per heavy atom. The molecule has 0 aliphatic carbocycles. The molecule has 1 fully saturated rings. The molecule has 0 radical (unpaired) electrons. The van der Waals surface area contributed by atoms with Gasteiger partial charge in [0.1, 0.15) is 0 Å². The summed E-state index contributed by atoms with van der Waals surface area (Å²) in [7, 11) is -3.48. The van der Waals surface area contributed by atoms with Crippen molar-refractivity contribution < 1.29 is 13.2 Å². The molecule has 0 saturated carbocycles. The predicted molar refractivity (Wildman–Crippen MR) is 72.2 cm³/mol. The van der Waals surface area contributed by atoms with Crippen molar-refractivity contribution in [3.05, 3.63) is 18.0 Å². The minimum Gasteiger partial charge on any atom is -0.380 e. The molecule has 1 aromatic rings. The topological polar surface area (TPSA) is 86.3 Å². The third kappa shape index (κ3) is 3.36. The summed E-state index contributed by atoms with van der Waals surface area (Å²) in [5.74, 6) is 0. The quantitative estimate of drug-likeness (QED) is 0.794. The van der Waals surface area contributed by atoms with E-state index in [-0.39, 0.29) is 10.9 Å². The molecule has 1 aromatic heterocycles. The largest absolute Gasteiger partial charge is 0.380 e. The normalized spacial score (nSPS) is 20.0. The summed E-state index contributed by atoms with van der Waals surface area (Å²) in [6.07, 6.45) is 3.31. The molecule has 108 valence electrons. The average Bonchev–Trinajstić information content (AvgIpc) is 2.98. The van der Waals surface area contributed by atoms with Crippen molar-refractivity contribution in [2.24, 2.45) is 5.73 Å². The van der Waals surface area contributed by atoms with Gasteiger partial charge in [-0.2, -0.15) is 0 Å². The molecule has 0 spiro atoms. The van der Waals surface area contributed by atoms with Crippen LogP contribution in [0.15, 0.2) is 17.2 Å². The molecular formula is C12H21N3O3S. The summed E-state index contributed by atoms with van der Waals surface area (Å²) in [5.41, 5.74) is 6.48. The average molecular weight is 287 g/mol. The maximum atomic E-state index is 12.3. The van der Waals surface area contributed by atoms with Crippen LogP contribution in [-0.4, -0.2) is 32.2 Å². The summed E-state index contributed by atoms with van der Waals surface area (Å²) in [5, 5.41) is 0. The van der Waals surface area contributed by atoms with E-state index in [2.05, 4.69) is 4.72 Å². The van der Waals surface area contributed by atoms with Gasteiger partial charge in [-0.25, -0.2) is 13.1 Å². The number of ether oxygens (including phenoxy) is 1. The van der Waals surface area contributed by atoms with Gasteiger partial charge in [0.15, 0.2) is 0 Å². The third-order valence-electron chi connectivity index (χ3n) is 3.20. The number of rotatable bonds is 6.